The lowest BCUT2D eigenvalue weighted by atomic mass is 9.71. The summed E-state index contributed by atoms with van der Waals surface area (Å²) in [4.78, 5) is 25.5. The summed E-state index contributed by atoms with van der Waals surface area (Å²) in [5.41, 5.74) is -1.04. The molecule has 0 aliphatic heterocycles. The first kappa shape index (κ1) is 32.2. The molecule has 39 heavy (non-hydrogen) atoms. The van der Waals surface area contributed by atoms with Crippen molar-refractivity contribution in [2.24, 2.45) is 5.41 Å². The van der Waals surface area contributed by atoms with E-state index in [0.717, 1.165) is 11.1 Å². The summed E-state index contributed by atoms with van der Waals surface area (Å²) < 4.78 is 0. The molecule has 0 amide bonds. The molecular formula is C33H46O6-2. The Morgan fingerprint density at radius 2 is 0.846 bits per heavy atom. The number of phenolic OH excluding ortho intramolecular Hbond substituents is 2. The molecule has 0 radical (unpaired) electrons. The van der Waals surface area contributed by atoms with Crippen LogP contribution in [0.4, 0.5) is 0 Å². The van der Waals surface area contributed by atoms with Gasteiger partial charge in [0.1, 0.15) is 11.5 Å². The van der Waals surface area contributed by atoms with Gasteiger partial charge < -0.3 is 30.0 Å². The Balaban J connectivity index is 2.89. The van der Waals surface area contributed by atoms with Crippen LogP contribution in [0.15, 0.2) is 24.3 Å². The van der Waals surface area contributed by atoms with Crippen molar-refractivity contribution in [1.82, 2.24) is 0 Å². The van der Waals surface area contributed by atoms with Gasteiger partial charge in [0.2, 0.25) is 0 Å². The Morgan fingerprint density at radius 1 is 0.564 bits per heavy atom. The number of hydrogen-bond donors (Lipinski definition) is 2. The fourth-order valence-corrected chi connectivity index (χ4v) is 4.75. The van der Waals surface area contributed by atoms with Crippen molar-refractivity contribution in [3.05, 3.63) is 57.6 Å². The first-order valence-electron chi connectivity index (χ1n) is 13.5. The first-order valence-corrected chi connectivity index (χ1v) is 13.5. The third kappa shape index (κ3) is 6.77. The maximum absolute atomic E-state index is 12.7. The second-order valence-corrected chi connectivity index (χ2v) is 15.1. The minimum atomic E-state index is -2.55. The smallest absolute Gasteiger partial charge is 0.122 e. The van der Waals surface area contributed by atoms with Crippen molar-refractivity contribution in [3.63, 3.8) is 0 Å². The maximum Gasteiger partial charge on any atom is 0.122 e. The molecule has 216 valence electrons. The van der Waals surface area contributed by atoms with Gasteiger partial charge in [-0.2, -0.15) is 0 Å². The average Bonchev–Trinajstić information content (AvgIpc) is 2.71. The van der Waals surface area contributed by atoms with Crippen LogP contribution in [0.3, 0.4) is 0 Å². The molecule has 0 bridgehead atoms. The Labute approximate surface area is 234 Å². The van der Waals surface area contributed by atoms with Crippen LogP contribution in [-0.4, -0.2) is 22.2 Å². The zero-order valence-corrected chi connectivity index (χ0v) is 25.8. The van der Waals surface area contributed by atoms with Crippen LogP contribution in [-0.2, 0) is 44.1 Å². The van der Waals surface area contributed by atoms with Crippen LogP contribution < -0.4 is 10.2 Å². The first-order chi connectivity index (χ1) is 17.3. The summed E-state index contributed by atoms with van der Waals surface area (Å²) in [6.45, 7) is 23.5. The zero-order chi connectivity index (χ0) is 30.5. The molecule has 0 fully saturated rings. The molecule has 2 N–H and O–H groups in total. The van der Waals surface area contributed by atoms with Gasteiger partial charge in [0.15, 0.2) is 0 Å². The zero-order valence-electron chi connectivity index (χ0n) is 25.8. The van der Waals surface area contributed by atoms with Gasteiger partial charge in [0, 0.05) is 0 Å². The van der Waals surface area contributed by atoms with Gasteiger partial charge in [0.25, 0.3) is 0 Å². The minimum absolute atomic E-state index is 0.148. The van der Waals surface area contributed by atoms with Gasteiger partial charge in [0.05, 0.1) is 17.4 Å². The van der Waals surface area contributed by atoms with E-state index in [2.05, 4.69) is 0 Å². The average molecular weight is 539 g/mol. The normalized spacial score (nSPS) is 13.4. The molecule has 0 aliphatic rings. The van der Waals surface area contributed by atoms with Gasteiger partial charge in [-0.25, -0.2) is 0 Å². The molecule has 6 heteroatoms. The van der Waals surface area contributed by atoms with Crippen LogP contribution in [0, 0.1) is 5.41 Å². The molecule has 0 atom stereocenters. The summed E-state index contributed by atoms with van der Waals surface area (Å²) in [7, 11) is 0. The van der Waals surface area contributed by atoms with Gasteiger partial charge in [-0.1, -0.05) is 107 Å². The predicted octanol–water partition coefficient (Wildman–Crippen LogP) is 4.56. The Kier molecular flexibility index (Phi) is 8.41. The lowest BCUT2D eigenvalue weighted by Crippen LogP contribution is -2.56. The fourth-order valence-electron chi connectivity index (χ4n) is 4.75. The molecule has 0 aromatic heterocycles. The maximum atomic E-state index is 12.7. The molecule has 0 aliphatic carbocycles. The highest BCUT2D eigenvalue weighted by molar-refractivity contribution is 5.97. The molecule has 0 spiro atoms. The third-order valence-corrected chi connectivity index (χ3v) is 7.49. The number of aromatic hydroxyl groups is 2. The number of carboxylic acids is 2. The largest absolute Gasteiger partial charge is 0.549 e. The topological polar surface area (TPSA) is 121 Å². The predicted molar refractivity (Wildman–Crippen MR) is 151 cm³/mol. The van der Waals surface area contributed by atoms with E-state index in [1.54, 1.807) is 12.1 Å². The van der Waals surface area contributed by atoms with Gasteiger partial charge >= 0.3 is 0 Å². The number of aliphatic carboxylic acids is 2. The molecular weight excluding hydrogens is 492 g/mol. The summed E-state index contributed by atoms with van der Waals surface area (Å²) in [5.74, 6) is -3.97. The van der Waals surface area contributed by atoms with Gasteiger partial charge in [-0.05, 0) is 67.9 Å². The summed E-state index contributed by atoms with van der Waals surface area (Å²) in [6, 6.07) is 7.09. The molecule has 0 saturated carbocycles. The quantitative estimate of drug-likeness (QED) is 0.520. The van der Waals surface area contributed by atoms with E-state index in [4.69, 9.17) is 0 Å². The monoisotopic (exact) mass is 538 g/mol. The van der Waals surface area contributed by atoms with E-state index >= 15 is 0 Å². The summed E-state index contributed by atoms with van der Waals surface area (Å²) in [6.07, 6.45) is -1.14. The number of phenols is 2. The van der Waals surface area contributed by atoms with E-state index in [1.165, 1.54) is 0 Å². The van der Waals surface area contributed by atoms with Crippen molar-refractivity contribution < 1.29 is 30.0 Å². The second kappa shape index (κ2) is 10.2. The van der Waals surface area contributed by atoms with Crippen LogP contribution in [0.1, 0.15) is 116 Å². The molecule has 2 aromatic rings. The Morgan fingerprint density at radius 3 is 1.05 bits per heavy atom. The van der Waals surface area contributed by atoms with Crippen molar-refractivity contribution in [3.8, 4) is 11.5 Å². The summed E-state index contributed by atoms with van der Waals surface area (Å²) >= 11 is 0. The molecule has 0 saturated heterocycles. The highest BCUT2D eigenvalue weighted by Gasteiger charge is 2.39. The second-order valence-electron chi connectivity index (χ2n) is 15.1. The lowest BCUT2D eigenvalue weighted by Gasteiger charge is -2.38. The van der Waals surface area contributed by atoms with Crippen molar-refractivity contribution in [1.29, 1.82) is 0 Å². The highest BCUT2D eigenvalue weighted by Crippen LogP contribution is 2.43. The molecule has 2 aromatic carbocycles. The van der Waals surface area contributed by atoms with Crippen molar-refractivity contribution in [2.75, 3.05) is 0 Å². The van der Waals surface area contributed by atoms with Crippen molar-refractivity contribution in [2.45, 2.75) is 118 Å². The van der Waals surface area contributed by atoms with Crippen molar-refractivity contribution >= 4 is 11.9 Å². The van der Waals surface area contributed by atoms with Crippen LogP contribution in [0.25, 0.3) is 0 Å². The van der Waals surface area contributed by atoms with Crippen LogP contribution in [0.2, 0.25) is 0 Å². The standard InChI is InChI=1S/C33H48O6/c1-29(2,3)21-13-19(25(34)23(15-21)31(7,8)9)17-33(27(36)37,28(38)39)18-20-14-22(30(4,5)6)16-24(26(20)35)32(10,11)12/h13-16,34-35H,17-18H2,1-12H3,(H,36,37)(H,38,39)/p-2. The number of rotatable bonds is 6. The minimum Gasteiger partial charge on any atom is -0.549 e. The Hall–Kier alpha value is -3.02. The molecule has 0 unspecified atom stereocenters. The van der Waals surface area contributed by atoms with E-state index < -0.39 is 41.0 Å². The van der Waals surface area contributed by atoms with E-state index in [-0.39, 0.29) is 33.5 Å². The third-order valence-electron chi connectivity index (χ3n) is 7.49. The molecule has 0 heterocycles. The van der Waals surface area contributed by atoms with Gasteiger partial charge in [-0.3, -0.25) is 0 Å². The molecule has 6 nitrogen and oxygen atoms in total. The fraction of sp³-hybridized carbons (Fsp3) is 0.576. The van der Waals surface area contributed by atoms with E-state index in [0.29, 0.717) is 11.1 Å². The highest BCUT2D eigenvalue weighted by atomic mass is 16.4. The summed E-state index contributed by atoms with van der Waals surface area (Å²) in [5, 5.41) is 48.0. The number of carbonyl (C=O) groups excluding carboxylic acids is 2. The number of hydrogen-bond acceptors (Lipinski definition) is 6. The van der Waals surface area contributed by atoms with E-state index in [9.17, 15) is 30.0 Å². The van der Waals surface area contributed by atoms with Gasteiger partial charge in [-0.15, -0.1) is 0 Å². The lowest BCUT2D eigenvalue weighted by molar-refractivity contribution is -0.343. The molecule has 2 rings (SSSR count). The Bertz CT molecular complexity index is 1160. The number of carboxylic acid groups (broad SMARTS) is 2. The van der Waals surface area contributed by atoms with Crippen LogP contribution in [0.5, 0.6) is 11.5 Å². The number of benzene rings is 2. The van der Waals surface area contributed by atoms with E-state index in [1.807, 2.05) is 95.2 Å². The SMILES string of the molecule is CC(C)(C)c1cc(CC(Cc2cc(C(C)(C)C)cc(C(C)(C)C)c2O)(C(=O)[O-])C(=O)[O-])c(O)c(C(C)(C)C)c1. The van der Waals surface area contributed by atoms with Crippen LogP contribution >= 0.6 is 0 Å². The number of carbonyl (C=O) groups is 2.